The molecule has 0 aliphatic rings. The van der Waals surface area contributed by atoms with E-state index < -0.39 is 26.7 Å². The van der Waals surface area contributed by atoms with Crippen molar-refractivity contribution in [2.45, 2.75) is 17.6 Å². The molecule has 142 valence electrons. The zero-order valence-electron chi connectivity index (χ0n) is 13.7. The summed E-state index contributed by atoms with van der Waals surface area (Å²) in [6.07, 6.45) is -4.86. The van der Waals surface area contributed by atoms with Crippen LogP contribution in [0.1, 0.15) is 11.1 Å². The number of ether oxygens (including phenoxy) is 2. The third kappa shape index (κ3) is 4.60. The summed E-state index contributed by atoms with van der Waals surface area (Å²) >= 11 is 5.57. The molecule has 0 spiro atoms. The third-order valence-corrected chi connectivity index (χ3v) is 5.15. The first-order valence-electron chi connectivity index (χ1n) is 7.16. The molecule has 2 aromatic carbocycles. The van der Waals surface area contributed by atoms with Gasteiger partial charge in [-0.15, -0.1) is 0 Å². The predicted octanol–water partition coefficient (Wildman–Crippen LogP) is 3.85. The van der Waals surface area contributed by atoms with E-state index in [1.807, 2.05) is 0 Å². The molecule has 5 nitrogen and oxygen atoms in total. The number of hydrogen-bond acceptors (Lipinski definition) is 4. The molecule has 2 aromatic rings. The molecule has 0 heterocycles. The summed E-state index contributed by atoms with van der Waals surface area (Å²) in [5.41, 5.74) is -0.849. The summed E-state index contributed by atoms with van der Waals surface area (Å²) < 4.78 is 76.4. The second kappa shape index (κ2) is 7.73. The number of methoxy groups -OCH3 is 2. The van der Waals surface area contributed by atoms with Crippen LogP contribution in [-0.2, 0) is 22.7 Å². The Bertz CT molecular complexity index is 901. The standard InChI is InChI=1S/C16H15ClF3NO4S/c1-24-13-5-3-10(7-14(13)25-2)9-21-26(22,23)15-6-4-11(17)8-12(15)16(18,19)20/h3-8,21H,9H2,1-2H3. The molecule has 1 N–H and O–H groups in total. The molecule has 0 fully saturated rings. The molecule has 10 heteroatoms. The molecule has 0 saturated carbocycles. The molecule has 0 bridgehead atoms. The highest BCUT2D eigenvalue weighted by atomic mass is 35.5. The molecule has 0 atom stereocenters. The molecule has 0 radical (unpaired) electrons. The summed E-state index contributed by atoms with van der Waals surface area (Å²) in [6, 6.07) is 7.13. The van der Waals surface area contributed by atoms with Crippen LogP contribution in [0.5, 0.6) is 11.5 Å². The second-order valence-electron chi connectivity index (χ2n) is 5.15. The summed E-state index contributed by atoms with van der Waals surface area (Å²) in [4.78, 5) is -0.894. The van der Waals surface area contributed by atoms with Crippen molar-refractivity contribution in [1.82, 2.24) is 4.72 Å². The zero-order valence-corrected chi connectivity index (χ0v) is 15.3. The number of nitrogens with one attached hydrogen (secondary N) is 1. The monoisotopic (exact) mass is 409 g/mol. The van der Waals surface area contributed by atoms with Gasteiger partial charge in [0.1, 0.15) is 0 Å². The number of halogens is 4. The van der Waals surface area contributed by atoms with E-state index in [0.29, 0.717) is 23.1 Å². The number of hydrogen-bond donors (Lipinski definition) is 1. The average Bonchev–Trinajstić information content (AvgIpc) is 2.58. The maximum absolute atomic E-state index is 13.1. The smallest absolute Gasteiger partial charge is 0.417 e. The van der Waals surface area contributed by atoms with E-state index in [9.17, 15) is 21.6 Å². The Morgan fingerprint density at radius 3 is 2.27 bits per heavy atom. The fourth-order valence-corrected chi connectivity index (χ4v) is 3.60. The molecule has 0 saturated heterocycles. The Labute approximate surface area is 153 Å². The molecular formula is C16H15ClF3NO4S. The van der Waals surface area contributed by atoms with Gasteiger partial charge in [-0.2, -0.15) is 13.2 Å². The Morgan fingerprint density at radius 2 is 1.69 bits per heavy atom. The van der Waals surface area contributed by atoms with Crippen LogP contribution in [0.2, 0.25) is 5.02 Å². The van der Waals surface area contributed by atoms with Crippen LogP contribution in [0, 0.1) is 0 Å². The molecule has 2 rings (SSSR count). The molecular weight excluding hydrogens is 395 g/mol. The van der Waals surface area contributed by atoms with Crippen LogP contribution in [0.4, 0.5) is 13.2 Å². The van der Waals surface area contributed by atoms with Crippen LogP contribution in [0.3, 0.4) is 0 Å². The number of alkyl halides is 3. The lowest BCUT2D eigenvalue weighted by Gasteiger charge is -2.15. The number of benzene rings is 2. The van der Waals surface area contributed by atoms with Gasteiger partial charge in [-0.1, -0.05) is 17.7 Å². The molecule has 0 amide bonds. The summed E-state index contributed by atoms with van der Waals surface area (Å²) in [5.74, 6) is 0.808. The van der Waals surface area contributed by atoms with Gasteiger partial charge in [0, 0.05) is 11.6 Å². The summed E-state index contributed by atoms with van der Waals surface area (Å²) in [5, 5.41) is -0.212. The SMILES string of the molecule is COc1ccc(CNS(=O)(=O)c2ccc(Cl)cc2C(F)(F)F)cc1OC. The van der Waals surface area contributed by atoms with Gasteiger partial charge >= 0.3 is 6.18 Å². The maximum Gasteiger partial charge on any atom is 0.417 e. The van der Waals surface area contributed by atoms with E-state index in [1.165, 1.54) is 20.3 Å². The van der Waals surface area contributed by atoms with Gasteiger partial charge in [-0.25, -0.2) is 13.1 Å². The van der Waals surface area contributed by atoms with Crippen molar-refractivity contribution < 1.29 is 31.1 Å². The van der Waals surface area contributed by atoms with E-state index in [4.69, 9.17) is 21.1 Å². The lowest BCUT2D eigenvalue weighted by molar-refractivity contribution is -0.139. The lowest BCUT2D eigenvalue weighted by Crippen LogP contribution is -2.26. The minimum atomic E-state index is -4.86. The second-order valence-corrected chi connectivity index (χ2v) is 7.32. The van der Waals surface area contributed by atoms with Gasteiger partial charge in [-0.05, 0) is 35.9 Å². The Morgan fingerprint density at radius 1 is 1.04 bits per heavy atom. The molecule has 26 heavy (non-hydrogen) atoms. The first-order valence-corrected chi connectivity index (χ1v) is 9.02. The normalized spacial score (nSPS) is 12.1. The highest BCUT2D eigenvalue weighted by Crippen LogP contribution is 2.36. The zero-order chi connectivity index (χ0) is 19.5. The largest absolute Gasteiger partial charge is 0.493 e. The van der Waals surface area contributed by atoms with Crippen molar-refractivity contribution in [2.75, 3.05) is 14.2 Å². The molecule has 0 aromatic heterocycles. The number of rotatable bonds is 6. The van der Waals surface area contributed by atoms with Crippen LogP contribution in [0.25, 0.3) is 0 Å². The van der Waals surface area contributed by atoms with Crippen molar-refractivity contribution >= 4 is 21.6 Å². The Balaban J connectivity index is 2.31. The van der Waals surface area contributed by atoms with E-state index in [-0.39, 0.29) is 11.6 Å². The van der Waals surface area contributed by atoms with Crippen LogP contribution < -0.4 is 14.2 Å². The minimum Gasteiger partial charge on any atom is -0.493 e. The average molecular weight is 410 g/mol. The highest BCUT2D eigenvalue weighted by Gasteiger charge is 2.37. The Hall–Kier alpha value is -1.97. The van der Waals surface area contributed by atoms with Gasteiger partial charge in [0.2, 0.25) is 10.0 Å². The van der Waals surface area contributed by atoms with Crippen molar-refractivity contribution in [3.63, 3.8) is 0 Å². The van der Waals surface area contributed by atoms with Gasteiger partial charge < -0.3 is 9.47 Å². The van der Waals surface area contributed by atoms with E-state index in [1.54, 1.807) is 12.1 Å². The molecule has 0 aliphatic heterocycles. The van der Waals surface area contributed by atoms with E-state index in [2.05, 4.69) is 4.72 Å². The van der Waals surface area contributed by atoms with Crippen molar-refractivity contribution in [2.24, 2.45) is 0 Å². The van der Waals surface area contributed by atoms with Gasteiger partial charge in [0.05, 0.1) is 24.7 Å². The van der Waals surface area contributed by atoms with Gasteiger partial charge in [0.25, 0.3) is 0 Å². The Kier molecular flexibility index (Phi) is 6.05. The molecule has 0 aliphatic carbocycles. The van der Waals surface area contributed by atoms with Crippen LogP contribution >= 0.6 is 11.6 Å². The van der Waals surface area contributed by atoms with Crippen molar-refractivity contribution in [1.29, 1.82) is 0 Å². The number of sulfonamides is 1. The topological polar surface area (TPSA) is 64.6 Å². The third-order valence-electron chi connectivity index (χ3n) is 3.45. The molecule has 0 unspecified atom stereocenters. The first kappa shape index (κ1) is 20.3. The lowest BCUT2D eigenvalue weighted by atomic mass is 10.2. The quantitative estimate of drug-likeness (QED) is 0.787. The van der Waals surface area contributed by atoms with Gasteiger partial charge in [-0.3, -0.25) is 0 Å². The fraction of sp³-hybridized carbons (Fsp3) is 0.250. The highest BCUT2D eigenvalue weighted by molar-refractivity contribution is 7.89. The van der Waals surface area contributed by atoms with Crippen molar-refractivity contribution in [3.05, 3.63) is 52.5 Å². The fourth-order valence-electron chi connectivity index (χ4n) is 2.20. The van der Waals surface area contributed by atoms with Gasteiger partial charge in [0.15, 0.2) is 11.5 Å². The van der Waals surface area contributed by atoms with E-state index >= 15 is 0 Å². The van der Waals surface area contributed by atoms with E-state index in [0.717, 1.165) is 12.1 Å². The first-order chi connectivity index (χ1) is 12.1. The minimum absolute atomic E-state index is 0.212. The predicted molar refractivity (Wildman–Crippen MR) is 90.0 cm³/mol. The summed E-state index contributed by atoms with van der Waals surface area (Å²) in [7, 11) is -1.57. The van der Waals surface area contributed by atoms with Crippen LogP contribution in [0.15, 0.2) is 41.3 Å². The maximum atomic E-state index is 13.1. The van der Waals surface area contributed by atoms with Crippen molar-refractivity contribution in [3.8, 4) is 11.5 Å². The summed E-state index contributed by atoms with van der Waals surface area (Å²) in [6.45, 7) is -0.234. The van der Waals surface area contributed by atoms with Crippen LogP contribution in [-0.4, -0.2) is 22.6 Å².